The highest BCUT2D eigenvalue weighted by Crippen LogP contribution is 2.16. The number of hydrazine groups is 1. The number of ether oxygens (including phenoxy) is 2. The van der Waals surface area contributed by atoms with Gasteiger partial charge in [-0.2, -0.15) is 0 Å². The number of aliphatic carboxylic acids is 1. The Kier molecular flexibility index (Phi) is 8.78. The molecule has 0 saturated carbocycles. The van der Waals surface area contributed by atoms with Crippen LogP contribution in [0.15, 0.2) is 72.8 Å². The van der Waals surface area contributed by atoms with Crippen LogP contribution in [0.25, 0.3) is 0 Å². The summed E-state index contributed by atoms with van der Waals surface area (Å²) in [4.78, 5) is 62.9. The number of esters is 2. The van der Waals surface area contributed by atoms with Crippen LogP contribution >= 0.6 is 0 Å². The van der Waals surface area contributed by atoms with Gasteiger partial charge in [0, 0.05) is 0 Å². The maximum atomic E-state index is 13.0. The minimum absolute atomic E-state index is 0.00766. The number of carboxylic acid groups (broad SMARTS) is 1. The van der Waals surface area contributed by atoms with E-state index in [1.807, 2.05) is 10.9 Å². The quantitative estimate of drug-likeness (QED) is 0.257. The van der Waals surface area contributed by atoms with E-state index in [0.29, 0.717) is 11.1 Å². The van der Waals surface area contributed by atoms with E-state index >= 15 is 0 Å². The van der Waals surface area contributed by atoms with Gasteiger partial charge in [0.15, 0.2) is 0 Å². The number of hydrogen-bond acceptors (Lipinski definition) is 8. The van der Waals surface area contributed by atoms with Gasteiger partial charge in [-0.15, -0.1) is 0 Å². The largest absolute Gasteiger partial charge is 0.507 e. The van der Waals surface area contributed by atoms with Crippen molar-refractivity contribution in [2.24, 2.45) is 0 Å². The van der Waals surface area contributed by atoms with Crippen molar-refractivity contribution in [2.75, 3.05) is 0 Å². The van der Waals surface area contributed by atoms with Crippen molar-refractivity contribution in [1.29, 1.82) is 0 Å². The number of amides is 2. The lowest BCUT2D eigenvalue weighted by Gasteiger charge is -2.23. The zero-order chi connectivity index (χ0) is 27.8. The number of aromatic hydroxyl groups is 1. The fourth-order valence-electron chi connectivity index (χ4n) is 3.33. The van der Waals surface area contributed by atoms with Crippen LogP contribution in [0.3, 0.4) is 0 Å². The normalized spacial score (nSPS) is 11.9. The third kappa shape index (κ3) is 6.94. The highest BCUT2D eigenvalue weighted by Gasteiger charge is 2.41. The number of carbonyl (C=O) groups excluding carboxylic acids is 4. The number of phenolic OH excluding ortho intramolecular Hbond substituents is 1. The van der Waals surface area contributed by atoms with E-state index in [1.165, 1.54) is 48.5 Å². The summed E-state index contributed by atoms with van der Waals surface area (Å²) < 4.78 is 10.3. The molecule has 0 aliphatic rings. The van der Waals surface area contributed by atoms with Gasteiger partial charge in [0.2, 0.25) is 12.2 Å². The molecule has 0 unspecified atom stereocenters. The van der Waals surface area contributed by atoms with Crippen molar-refractivity contribution in [1.82, 2.24) is 10.9 Å². The Bertz CT molecular complexity index is 1390. The molecule has 4 N–H and O–H groups in total. The van der Waals surface area contributed by atoms with Gasteiger partial charge in [0.25, 0.3) is 11.8 Å². The molecule has 3 aromatic rings. The molecule has 0 aliphatic carbocycles. The highest BCUT2D eigenvalue weighted by atomic mass is 16.6. The Hall–Kier alpha value is -5.19. The molecule has 2 amide bonds. The number of nitrogens with one attached hydrogen (secondary N) is 2. The summed E-state index contributed by atoms with van der Waals surface area (Å²) in [6.45, 7) is 3.41. The summed E-state index contributed by atoms with van der Waals surface area (Å²) >= 11 is 0. The summed E-state index contributed by atoms with van der Waals surface area (Å²) in [5, 5.41) is 19.6. The molecule has 3 aromatic carbocycles. The summed E-state index contributed by atoms with van der Waals surface area (Å²) in [6.07, 6.45) is -4.49. The van der Waals surface area contributed by atoms with E-state index in [2.05, 4.69) is 0 Å². The molecular formula is C27H24N2O9. The van der Waals surface area contributed by atoms with Crippen molar-refractivity contribution in [2.45, 2.75) is 26.1 Å². The molecule has 196 valence electrons. The van der Waals surface area contributed by atoms with E-state index in [1.54, 1.807) is 38.1 Å². The van der Waals surface area contributed by atoms with Crippen LogP contribution < -0.4 is 10.9 Å². The Balaban J connectivity index is 1.87. The Labute approximate surface area is 217 Å². The van der Waals surface area contributed by atoms with Crippen LogP contribution in [0.2, 0.25) is 0 Å². The number of carbonyl (C=O) groups is 5. The van der Waals surface area contributed by atoms with Crippen molar-refractivity contribution in [3.05, 3.63) is 101 Å². The number of carboxylic acids is 1. The molecule has 11 nitrogen and oxygen atoms in total. The molecule has 0 fully saturated rings. The molecule has 0 spiro atoms. The van der Waals surface area contributed by atoms with Crippen LogP contribution in [0.5, 0.6) is 5.75 Å². The second-order valence-corrected chi connectivity index (χ2v) is 8.19. The zero-order valence-electron chi connectivity index (χ0n) is 20.3. The number of aryl methyl sites for hydroxylation is 2. The third-order valence-electron chi connectivity index (χ3n) is 5.20. The van der Waals surface area contributed by atoms with Gasteiger partial charge >= 0.3 is 17.9 Å². The fraction of sp³-hybridized carbons (Fsp3) is 0.148. The lowest BCUT2D eigenvalue weighted by Crippen LogP contribution is -2.54. The maximum absolute atomic E-state index is 13.0. The zero-order valence-corrected chi connectivity index (χ0v) is 20.3. The third-order valence-corrected chi connectivity index (χ3v) is 5.20. The van der Waals surface area contributed by atoms with E-state index in [0.717, 1.165) is 0 Å². The van der Waals surface area contributed by atoms with Gasteiger partial charge < -0.3 is 19.7 Å². The molecular weight excluding hydrogens is 496 g/mol. The Morgan fingerprint density at radius 3 is 1.74 bits per heavy atom. The van der Waals surface area contributed by atoms with Crippen LogP contribution in [0, 0.1) is 13.8 Å². The SMILES string of the molecule is Cc1cccc(C(=O)O[C@@H](C(=O)O)[C@@H](OC(=O)c2cccc(C)c2)C(=O)NNC(=O)c2ccccc2O)c1. The molecule has 11 heteroatoms. The Morgan fingerprint density at radius 1 is 0.711 bits per heavy atom. The van der Waals surface area contributed by atoms with E-state index in [4.69, 9.17) is 9.47 Å². The number of benzene rings is 3. The smallest absolute Gasteiger partial charge is 0.349 e. The Morgan fingerprint density at radius 2 is 1.24 bits per heavy atom. The predicted molar refractivity (Wildman–Crippen MR) is 132 cm³/mol. The second kappa shape index (κ2) is 12.2. The lowest BCUT2D eigenvalue weighted by molar-refractivity contribution is -0.159. The van der Waals surface area contributed by atoms with Crippen molar-refractivity contribution < 1.29 is 43.7 Å². The molecule has 0 radical (unpaired) electrons. The first kappa shape index (κ1) is 27.4. The van der Waals surface area contributed by atoms with E-state index < -0.39 is 41.9 Å². The minimum atomic E-state index is -2.28. The summed E-state index contributed by atoms with van der Waals surface area (Å²) in [5.41, 5.74) is 5.17. The average Bonchev–Trinajstić information content (AvgIpc) is 2.88. The van der Waals surface area contributed by atoms with Gasteiger partial charge in [0.05, 0.1) is 16.7 Å². The van der Waals surface area contributed by atoms with Crippen LogP contribution in [-0.2, 0) is 19.1 Å². The molecule has 3 rings (SSSR count). The van der Waals surface area contributed by atoms with Crippen LogP contribution in [0.1, 0.15) is 42.2 Å². The molecule has 0 aromatic heterocycles. The van der Waals surface area contributed by atoms with Crippen LogP contribution in [0.4, 0.5) is 0 Å². The van der Waals surface area contributed by atoms with Gasteiger partial charge in [-0.05, 0) is 50.2 Å². The number of rotatable bonds is 8. The molecule has 0 saturated heterocycles. The fourth-order valence-corrected chi connectivity index (χ4v) is 3.33. The molecule has 0 bridgehead atoms. The van der Waals surface area contributed by atoms with Gasteiger partial charge in [0.1, 0.15) is 5.75 Å². The van der Waals surface area contributed by atoms with Gasteiger partial charge in [-0.3, -0.25) is 20.4 Å². The molecule has 0 aliphatic heterocycles. The second-order valence-electron chi connectivity index (χ2n) is 8.19. The van der Waals surface area contributed by atoms with E-state index in [-0.39, 0.29) is 22.4 Å². The summed E-state index contributed by atoms with van der Waals surface area (Å²) in [7, 11) is 0. The topological polar surface area (TPSA) is 168 Å². The summed E-state index contributed by atoms with van der Waals surface area (Å²) in [6, 6.07) is 17.7. The monoisotopic (exact) mass is 520 g/mol. The first-order chi connectivity index (χ1) is 18.1. The molecule has 38 heavy (non-hydrogen) atoms. The predicted octanol–water partition coefficient (Wildman–Crippen LogP) is 2.31. The molecule has 0 heterocycles. The van der Waals surface area contributed by atoms with Crippen molar-refractivity contribution in [3.8, 4) is 5.75 Å². The van der Waals surface area contributed by atoms with Crippen LogP contribution in [-0.4, -0.2) is 52.1 Å². The first-order valence-electron chi connectivity index (χ1n) is 11.2. The molecule has 2 atom stereocenters. The lowest BCUT2D eigenvalue weighted by atomic mass is 10.1. The van der Waals surface area contributed by atoms with Gasteiger partial charge in [-0.1, -0.05) is 47.5 Å². The summed E-state index contributed by atoms with van der Waals surface area (Å²) in [5.74, 6) is -6.56. The highest BCUT2D eigenvalue weighted by molar-refractivity contribution is 6.00. The first-order valence-corrected chi connectivity index (χ1v) is 11.2. The van der Waals surface area contributed by atoms with Gasteiger partial charge in [-0.25, -0.2) is 14.4 Å². The van der Waals surface area contributed by atoms with E-state index in [9.17, 15) is 34.2 Å². The average molecular weight is 520 g/mol. The van der Waals surface area contributed by atoms with Crippen molar-refractivity contribution >= 4 is 29.7 Å². The maximum Gasteiger partial charge on any atom is 0.349 e. The van der Waals surface area contributed by atoms with Crippen molar-refractivity contribution in [3.63, 3.8) is 0 Å². The number of para-hydroxylation sites is 1. The number of phenols is 1. The minimum Gasteiger partial charge on any atom is -0.507 e. The number of hydrogen-bond donors (Lipinski definition) is 4. The standard InChI is InChI=1S/C27H24N2O9/c1-15-7-5-9-17(13-15)26(35)37-21(24(32)29-28-23(31)19-11-3-4-12-20(19)30)22(25(33)34)38-27(36)18-10-6-8-16(2)14-18/h3-14,21-22,30H,1-2H3,(H,28,31)(H,29,32)(H,33,34)/t21-,22-/m1/s1.